The van der Waals surface area contributed by atoms with Gasteiger partial charge >= 0.3 is 5.97 Å². The maximum atomic E-state index is 11.2. The summed E-state index contributed by atoms with van der Waals surface area (Å²) in [7, 11) is 0. The van der Waals surface area contributed by atoms with Crippen molar-refractivity contribution in [2.24, 2.45) is 0 Å². The molecule has 1 saturated carbocycles. The largest absolute Gasteiger partial charge is 0.478 e. The summed E-state index contributed by atoms with van der Waals surface area (Å²) in [6.07, 6.45) is 10.0. The summed E-state index contributed by atoms with van der Waals surface area (Å²) in [5, 5.41) is 14.2. The van der Waals surface area contributed by atoms with Crippen molar-refractivity contribution in [3.63, 3.8) is 0 Å². The Balaban J connectivity index is 1.67. The van der Waals surface area contributed by atoms with Gasteiger partial charge in [-0.25, -0.2) is 4.79 Å². The Bertz CT molecular complexity index is 728. The van der Waals surface area contributed by atoms with E-state index in [1.807, 2.05) is 12.1 Å². The van der Waals surface area contributed by atoms with Gasteiger partial charge in [0.15, 0.2) is 0 Å². The summed E-state index contributed by atoms with van der Waals surface area (Å²) in [4.78, 5) is 14.8. The summed E-state index contributed by atoms with van der Waals surface area (Å²) >= 11 is 0. The summed E-state index contributed by atoms with van der Waals surface area (Å²) < 4.78 is 0. The number of carbonyl (C=O) groups is 1. The first kappa shape index (κ1) is 14.8. The lowest BCUT2D eigenvalue weighted by molar-refractivity contribution is 0.0697. The Morgan fingerprint density at radius 3 is 2.74 bits per heavy atom. The number of aromatic amines is 1. The predicted molar refractivity (Wildman–Crippen MR) is 90.9 cm³/mol. The molecular formula is C19H24N2O2. The third-order valence-corrected chi connectivity index (χ3v) is 5.50. The Morgan fingerprint density at radius 1 is 1.13 bits per heavy atom. The number of carboxylic acid groups (broad SMARTS) is 1. The Hall–Kier alpha value is -1.81. The van der Waals surface area contributed by atoms with Crippen molar-refractivity contribution in [1.29, 1.82) is 0 Å². The van der Waals surface area contributed by atoms with Crippen LogP contribution in [0.25, 0.3) is 10.9 Å². The molecular weight excluding hydrogens is 288 g/mol. The first-order valence-electron chi connectivity index (χ1n) is 8.86. The zero-order chi connectivity index (χ0) is 15.8. The highest BCUT2D eigenvalue weighted by atomic mass is 16.4. The van der Waals surface area contributed by atoms with Crippen LogP contribution in [0, 0.1) is 0 Å². The van der Waals surface area contributed by atoms with Gasteiger partial charge in [0, 0.05) is 28.7 Å². The van der Waals surface area contributed by atoms with E-state index in [9.17, 15) is 9.90 Å². The van der Waals surface area contributed by atoms with Gasteiger partial charge in [-0.05, 0) is 55.9 Å². The zero-order valence-electron chi connectivity index (χ0n) is 13.4. The lowest BCUT2D eigenvalue weighted by atomic mass is 9.89. The van der Waals surface area contributed by atoms with E-state index in [0.29, 0.717) is 17.6 Å². The van der Waals surface area contributed by atoms with Gasteiger partial charge in [-0.15, -0.1) is 0 Å². The van der Waals surface area contributed by atoms with Crippen molar-refractivity contribution in [3.05, 3.63) is 35.0 Å². The van der Waals surface area contributed by atoms with Gasteiger partial charge in [-0.1, -0.05) is 19.3 Å². The van der Waals surface area contributed by atoms with Gasteiger partial charge in [0.25, 0.3) is 0 Å². The number of aromatic carboxylic acids is 1. The van der Waals surface area contributed by atoms with E-state index in [4.69, 9.17) is 0 Å². The molecule has 0 saturated heterocycles. The van der Waals surface area contributed by atoms with Crippen LogP contribution in [0.5, 0.6) is 0 Å². The standard InChI is InChI=1S/C19H24N2O2/c22-19(23)12-9-10-16-15(11-12)14-7-4-8-17(18(14)21-16)20-13-5-2-1-3-6-13/h9-11,13,17,20-21H,1-8H2,(H,22,23). The molecule has 1 fully saturated rings. The van der Waals surface area contributed by atoms with Crippen LogP contribution in [0.2, 0.25) is 0 Å². The van der Waals surface area contributed by atoms with Crippen LogP contribution < -0.4 is 5.32 Å². The van der Waals surface area contributed by atoms with Crippen LogP contribution in [0.4, 0.5) is 0 Å². The summed E-state index contributed by atoms with van der Waals surface area (Å²) in [5.41, 5.74) is 4.06. The van der Waals surface area contributed by atoms with Gasteiger partial charge in [0.1, 0.15) is 0 Å². The molecule has 4 heteroatoms. The Labute approximate surface area is 136 Å². The van der Waals surface area contributed by atoms with Gasteiger partial charge in [0.05, 0.1) is 5.56 Å². The van der Waals surface area contributed by atoms with E-state index in [1.165, 1.54) is 56.2 Å². The normalized spacial score (nSPS) is 22.2. The third kappa shape index (κ3) is 2.76. The lowest BCUT2D eigenvalue weighted by Gasteiger charge is -2.31. The fraction of sp³-hybridized carbons (Fsp3) is 0.526. The van der Waals surface area contributed by atoms with Crippen LogP contribution in [-0.4, -0.2) is 22.1 Å². The number of hydrogen-bond acceptors (Lipinski definition) is 2. The van der Waals surface area contributed by atoms with E-state index in [0.717, 1.165) is 17.3 Å². The van der Waals surface area contributed by atoms with Crippen LogP contribution >= 0.6 is 0 Å². The van der Waals surface area contributed by atoms with Crippen molar-refractivity contribution in [2.75, 3.05) is 0 Å². The molecule has 0 bridgehead atoms. The van der Waals surface area contributed by atoms with Crippen molar-refractivity contribution >= 4 is 16.9 Å². The molecule has 0 aliphatic heterocycles. The molecule has 4 nitrogen and oxygen atoms in total. The van der Waals surface area contributed by atoms with E-state index in [2.05, 4.69) is 10.3 Å². The number of H-pyrrole nitrogens is 1. The number of aromatic nitrogens is 1. The van der Waals surface area contributed by atoms with Crippen LogP contribution in [0.1, 0.15) is 72.6 Å². The maximum Gasteiger partial charge on any atom is 0.335 e. The van der Waals surface area contributed by atoms with E-state index in [1.54, 1.807) is 6.07 Å². The monoisotopic (exact) mass is 312 g/mol. The Morgan fingerprint density at radius 2 is 1.96 bits per heavy atom. The topological polar surface area (TPSA) is 65.1 Å². The third-order valence-electron chi connectivity index (χ3n) is 5.50. The van der Waals surface area contributed by atoms with Gasteiger partial charge in [-0.2, -0.15) is 0 Å². The van der Waals surface area contributed by atoms with Crippen molar-refractivity contribution < 1.29 is 9.90 Å². The number of benzene rings is 1. The molecule has 1 heterocycles. The number of fused-ring (bicyclic) bond motifs is 3. The second-order valence-corrected chi connectivity index (χ2v) is 7.03. The van der Waals surface area contributed by atoms with Gasteiger partial charge < -0.3 is 15.4 Å². The minimum Gasteiger partial charge on any atom is -0.478 e. The molecule has 3 N–H and O–H groups in total. The highest BCUT2D eigenvalue weighted by molar-refractivity contribution is 5.95. The SMILES string of the molecule is O=C(O)c1ccc2[nH]c3c(c2c1)CCCC3NC1CCCCC1. The quantitative estimate of drug-likeness (QED) is 0.797. The molecule has 1 aromatic heterocycles. The fourth-order valence-electron chi connectivity index (χ4n) is 4.32. The van der Waals surface area contributed by atoms with Gasteiger partial charge in [0.2, 0.25) is 0 Å². The first-order chi connectivity index (χ1) is 11.2. The number of rotatable bonds is 3. The highest BCUT2D eigenvalue weighted by Crippen LogP contribution is 2.36. The fourth-order valence-corrected chi connectivity index (χ4v) is 4.32. The molecule has 0 spiro atoms. The van der Waals surface area contributed by atoms with Crippen molar-refractivity contribution in [1.82, 2.24) is 10.3 Å². The average molecular weight is 312 g/mol. The number of carboxylic acids is 1. The molecule has 0 radical (unpaired) electrons. The molecule has 1 aromatic carbocycles. The molecule has 2 aliphatic carbocycles. The predicted octanol–water partition coefficient (Wildman–Crippen LogP) is 4.17. The average Bonchev–Trinajstić information content (AvgIpc) is 2.95. The second-order valence-electron chi connectivity index (χ2n) is 7.03. The molecule has 122 valence electrons. The molecule has 2 aromatic rings. The van der Waals surface area contributed by atoms with Crippen LogP contribution in [0.3, 0.4) is 0 Å². The Kier molecular flexibility index (Phi) is 3.85. The molecule has 4 rings (SSSR count). The van der Waals surface area contributed by atoms with Crippen molar-refractivity contribution in [2.45, 2.75) is 63.5 Å². The summed E-state index contributed by atoms with van der Waals surface area (Å²) in [6.45, 7) is 0. The molecule has 1 unspecified atom stereocenters. The maximum absolute atomic E-state index is 11.2. The number of hydrogen-bond donors (Lipinski definition) is 3. The van der Waals surface area contributed by atoms with E-state index in [-0.39, 0.29) is 0 Å². The van der Waals surface area contributed by atoms with E-state index < -0.39 is 5.97 Å². The number of aryl methyl sites for hydroxylation is 1. The minimum atomic E-state index is -0.852. The molecule has 23 heavy (non-hydrogen) atoms. The summed E-state index contributed by atoms with van der Waals surface area (Å²) in [6, 6.07) is 6.46. The first-order valence-corrected chi connectivity index (χ1v) is 8.86. The van der Waals surface area contributed by atoms with Crippen molar-refractivity contribution in [3.8, 4) is 0 Å². The molecule has 2 aliphatic rings. The minimum absolute atomic E-state index is 0.377. The van der Waals surface area contributed by atoms with Crippen LogP contribution in [0.15, 0.2) is 18.2 Å². The number of nitrogens with one attached hydrogen (secondary N) is 2. The summed E-state index contributed by atoms with van der Waals surface area (Å²) in [5.74, 6) is -0.852. The highest BCUT2D eigenvalue weighted by Gasteiger charge is 2.27. The second kappa shape index (κ2) is 6.00. The van der Waals surface area contributed by atoms with Gasteiger partial charge in [-0.3, -0.25) is 0 Å². The smallest absolute Gasteiger partial charge is 0.335 e. The zero-order valence-corrected chi connectivity index (χ0v) is 13.4. The molecule has 0 amide bonds. The van der Waals surface area contributed by atoms with E-state index >= 15 is 0 Å². The lowest BCUT2D eigenvalue weighted by Crippen LogP contribution is -2.36. The van der Waals surface area contributed by atoms with Crippen LogP contribution in [-0.2, 0) is 6.42 Å². The molecule has 1 atom stereocenters.